The number of hydrogen-bond donors (Lipinski definition) is 5. The van der Waals surface area contributed by atoms with Gasteiger partial charge in [0.25, 0.3) is 11.8 Å². The Kier molecular flexibility index (Phi) is 15.1. The second-order valence-electron chi connectivity index (χ2n) is 10.9. The number of carbonyl (C=O) groups is 4. The third-order valence-electron chi connectivity index (χ3n) is 5.06. The number of hydrogen-bond acceptors (Lipinski definition) is 7. The molecule has 12 nitrogen and oxygen atoms in total. The van der Waals surface area contributed by atoms with E-state index >= 15 is 0 Å². The molecule has 0 bridgehead atoms. The number of unbranched alkanes of at least 4 members (excludes halogenated alkanes) is 2. The van der Waals surface area contributed by atoms with E-state index in [-0.39, 0.29) is 23.8 Å². The number of imidazole rings is 1. The summed E-state index contributed by atoms with van der Waals surface area (Å²) in [5, 5.41) is 5.31. The number of nitrogens with zero attached hydrogens (tertiary/aromatic N) is 1. The standard InChI is InChI=1S/C25H44N6O6.ClH/c1-24(2,3)36-22(34)16(11-7-9-13-26)30-20(32)18-19(29-15-28-18)21(33)31-17(12-8-10-14-27)23(35)37-25(4,5)6;/h15-17H,7-14,26-27H2,1-6H3,(H,28,29)(H,30,32)(H,31,33);1H/p+1. The fourth-order valence-corrected chi connectivity index (χ4v) is 3.39. The average Bonchev–Trinajstić information content (AvgIpc) is 3.25. The molecule has 1 heterocycles. The van der Waals surface area contributed by atoms with Crippen LogP contribution in [0.1, 0.15) is 101 Å². The summed E-state index contributed by atoms with van der Waals surface area (Å²) < 4.78 is 10.9. The highest BCUT2D eigenvalue weighted by Crippen LogP contribution is 2.14. The maximum absolute atomic E-state index is 13.1. The molecule has 0 aliphatic rings. The van der Waals surface area contributed by atoms with Gasteiger partial charge in [0, 0.05) is 0 Å². The zero-order valence-electron chi connectivity index (χ0n) is 23.6. The first-order valence-electron chi connectivity index (χ1n) is 12.9. The zero-order valence-corrected chi connectivity index (χ0v) is 24.3. The van der Waals surface area contributed by atoms with Gasteiger partial charge in [-0.15, -0.1) is 0 Å². The minimum absolute atomic E-state index is 0. The Bertz CT molecular complexity index is 838. The van der Waals surface area contributed by atoms with Crippen molar-refractivity contribution in [2.75, 3.05) is 13.1 Å². The third kappa shape index (κ3) is 13.2. The van der Waals surface area contributed by atoms with Crippen LogP contribution in [0.3, 0.4) is 0 Å². The minimum atomic E-state index is -0.914. The zero-order chi connectivity index (χ0) is 28.2. The van der Waals surface area contributed by atoms with Crippen LogP contribution in [0.4, 0.5) is 0 Å². The Morgan fingerprint density at radius 2 is 1.24 bits per heavy atom. The van der Waals surface area contributed by atoms with Crippen LogP contribution in [-0.4, -0.2) is 70.1 Å². The van der Waals surface area contributed by atoms with Crippen molar-refractivity contribution < 1.29 is 52.5 Å². The van der Waals surface area contributed by atoms with E-state index in [0.29, 0.717) is 38.8 Å². The predicted molar refractivity (Wildman–Crippen MR) is 136 cm³/mol. The van der Waals surface area contributed by atoms with Crippen LogP contribution < -0.4 is 34.5 Å². The summed E-state index contributed by atoms with van der Waals surface area (Å²) >= 11 is 0. The molecule has 0 aliphatic carbocycles. The molecule has 2 unspecified atom stereocenters. The first-order valence-corrected chi connectivity index (χ1v) is 12.9. The molecule has 0 fully saturated rings. The highest BCUT2D eigenvalue weighted by atomic mass is 35.5. The lowest BCUT2D eigenvalue weighted by molar-refractivity contribution is -0.368. The third-order valence-corrected chi connectivity index (χ3v) is 5.06. The molecular weight excluding hydrogens is 516 g/mol. The van der Waals surface area contributed by atoms with Gasteiger partial charge in [-0.1, -0.05) is 0 Å². The molecule has 1 rings (SSSR count). The number of carbonyl (C=O) groups excluding carboxylic acids is 4. The van der Waals surface area contributed by atoms with E-state index in [1.165, 1.54) is 6.33 Å². The molecule has 38 heavy (non-hydrogen) atoms. The number of halogens is 1. The summed E-state index contributed by atoms with van der Waals surface area (Å²) in [6, 6.07) is -1.82. The van der Waals surface area contributed by atoms with Crippen LogP contribution in [0.25, 0.3) is 0 Å². The first-order chi connectivity index (χ1) is 17.2. The van der Waals surface area contributed by atoms with Crippen LogP contribution in [0.2, 0.25) is 0 Å². The van der Waals surface area contributed by atoms with E-state index in [1.54, 1.807) is 41.5 Å². The summed E-state index contributed by atoms with van der Waals surface area (Å²) in [7, 11) is 0. The Morgan fingerprint density at radius 3 is 1.63 bits per heavy atom. The molecule has 0 aliphatic heterocycles. The van der Waals surface area contributed by atoms with Gasteiger partial charge in [0.2, 0.25) is 0 Å². The van der Waals surface area contributed by atoms with Crippen molar-refractivity contribution in [2.45, 2.75) is 103 Å². The van der Waals surface area contributed by atoms with E-state index < -0.39 is 47.0 Å². The second-order valence-corrected chi connectivity index (χ2v) is 10.9. The van der Waals surface area contributed by atoms with Gasteiger partial charge in [0.1, 0.15) is 29.0 Å². The monoisotopic (exact) mass is 561 g/mol. The highest BCUT2D eigenvalue weighted by Gasteiger charge is 2.31. The van der Waals surface area contributed by atoms with Crippen molar-refractivity contribution in [2.24, 2.45) is 0 Å². The Hall–Kier alpha value is -2.70. The number of quaternary nitrogens is 2. The second kappa shape index (κ2) is 16.3. The molecule has 1 aromatic rings. The number of nitrogens with one attached hydrogen (secondary N) is 3. The van der Waals surface area contributed by atoms with Crippen molar-refractivity contribution in [3.63, 3.8) is 0 Å². The SMILES string of the molecule is CC(C)(C)OC(=O)C(CCCC[NH3+])NC(=O)c1nc[nH]c1C(=O)NC(CCCC[NH3+])C(=O)OC(C)(C)C.[Cl-]. The van der Waals surface area contributed by atoms with Crippen LogP contribution in [0, 0.1) is 0 Å². The average molecular weight is 562 g/mol. The maximum Gasteiger partial charge on any atom is 0.329 e. The number of amides is 2. The van der Waals surface area contributed by atoms with Crippen molar-refractivity contribution >= 4 is 23.8 Å². The molecule has 2 amide bonds. The van der Waals surface area contributed by atoms with Crippen molar-refractivity contribution in [3.8, 4) is 0 Å². The normalized spacial score (nSPS) is 13.1. The lowest BCUT2D eigenvalue weighted by Crippen LogP contribution is -3.00. The van der Waals surface area contributed by atoms with Crippen LogP contribution in [-0.2, 0) is 19.1 Å². The molecule has 0 spiro atoms. The summed E-state index contributed by atoms with van der Waals surface area (Å²) in [5.41, 5.74) is 5.83. The molecule has 218 valence electrons. The predicted octanol–water partition coefficient (Wildman–Crippen LogP) is -2.88. The van der Waals surface area contributed by atoms with Gasteiger partial charge in [0.05, 0.1) is 19.4 Å². The van der Waals surface area contributed by atoms with Crippen molar-refractivity contribution in [1.29, 1.82) is 0 Å². The van der Waals surface area contributed by atoms with Crippen LogP contribution >= 0.6 is 0 Å². The van der Waals surface area contributed by atoms with Gasteiger partial charge in [-0.3, -0.25) is 9.59 Å². The number of aromatic nitrogens is 2. The van der Waals surface area contributed by atoms with Gasteiger partial charge in [-0.2, -0.15) is 0 Å². The summed E-state index contributed by atoms with van der Waals surface area (Å²) in [5.74, 6) is -2.52. The summed E-state index contributed by atoms with van der Waals surface area (Å²) in [6.07, 6.45) is 4.81. The first kappa shape index (κ1) is 35.3. The molecule has 1 aromatic heterocycles. The number of esters is 2. The fourth-order valence-electron chi connectivity index (χ4n) is 3.39. The molecule has 2 atom stereocenters. The molecule has 9 N–H and O–H groups in total. The summed E-state index contributed by atoms with van der Waals surface area (Å²) in [6.45, 7) is 11.9. The Balaban J connectivity index is 0.0000137. The lowest BCUT2D eigenvalue weighted by Gasteiger charge is -2.25. The molecule has 0 aromatic carbocycles. The fraction of sp³-hybridized carbons (Fsp3) is 0.720. The molecule has 0 radical (unpaired) electrons. The topological polar surface area (TPSA) is 195 Å². The maximum atomic E-state index is 13.1. The van der Waals surface area contributed by atoms with E-state index in [2.05, 4.69) is 32.1 Å². The highest BCUT2D eigenvalue weighted by molar-refractivity contribution is 6.06. The van der Waals surface area contributed by atoms with E-state index in [1.807, 2.05) is 0 Å². The number of ether oxygens (including phenoxy) is 2. The number of aromatic amines is 1. The van der Waals surface area contributed by atoms with E-state index in [9.17, 15) is 19.2 Å². The van der Waals surface area contributed by atoms with Gasteiger partial charge in [-0.25, -0.2) is 14.6 Å². The van der Waals surface area contributed by atoms with Crippen molar-refractivity contribution in [1.82, 2.24) is 20.6 Å². The molecule has 13 heteroatoms. The number of rotatable bonds is 14. The smallest absolute Gasteiger partial charge is 0.329 e. The number of H-pyrrole nitrogens is 1. The Morgan fingerprint density at radius 1 is 0.816 bits per heavy atom. The molecular formula is C25H46ClN6O6+. The van der Waals surface area contributed by atoms with E-state index in [0.717, 1.165) is 12.8 Å². The molecule has 0 saturated heterocycles. The quantitative estimate of drug-likeness (QED) is 0.119. The molecule has 0 saturated carbocycles. The van der Waals surface area contributed by atoms with E-state index in [4.69, 9.17) is 9.47 Å². The summed E-state index contributed by atoms with van der Waals surface area (Å²) in [4.78, 5) is 58.3. The van der Waals surface area contributed by atoms with Crippen molar-refractivity contribution in [3.05, 3.63) is 17.7 Å². The lowest BCUT2D eigenvalue weighted by atomic mass is 10.1. The van der Waals surface area contributed by atoms with Gasteiger partial charge >= 0.3 is 11.9 Å². The van der Waals surface area contributed by atoms with Gasteiger partial charge in [-0.05, 0) is 80.1 Å². The van der Waals surface area contributed by atoms with Crippen LogP contribution in [0.15, 0.2) is 6.33 Å². The van der Waals surface area contributed by atoms with Gasteiger partial charge in [0.15, 0.2) is 5.69 Å². The Labute approximate surface area is 231 Å². The largest absolute Gasteiger partial charge is 1.00 e. The minimum Gasteiger partial charge on any atom is -1.00 e. The van der Waals surface area contributed by atoms with Crippen LogP contribution in [0.5, 0.6) is 0 Å². The van der Waals surface area contributed by atoms with Gasteiger partial charge < -0.3 is 49.0 Å².